The first-order valence-electron chi connectivity index (χ1n) is 6.23. The van der Waals surface area contributed by atoms with Crippen molar-refractivity contribution in [1.82, 2.24) is 4.72 Å². The summed E-state index contributed by atoms with van der Waals surface area (Å²) in [4.78, 5) is 0.0658. The molecule has 0 bridgehead atoms. The molecule has 0 atom stereocenters. The molecule has 0 radical (unpaired) electrons. The fourth-order valence-electron chi connectivity index (χ4n) is 1.73. The molecule has 1 aromatic carbocycles. The number of rotatable bonds is 8. The van der Waals surface area contributed by atoms with Crippen LogP contribution in [0.15, 0.2) is 26.0 Å². The number of aliphatic hydroxyl groups excluding tert-OH is 1. The minimum absolute atomic E-state index is 0.0658. The fraction of sp³-hybridized carbons (Fsp3) is 0.500. The van der Waals surface area contributed by atoms with Crippen LogP contribution in [0.4, 0.5) is 5.69 Å². The second kappa shape index (κ2) is 8.33. The predicted molar refractivity (Wildman–Crippen MR) is 87.0 cm³/mol. The fourth-order valence-corrected chi connectivity index (χ4v) is 4.87. The normalized spacial score (nSPS) is 11.8. The molecule has 0 unspecified atom stereocenters. The molecule has 0 saturated carbocycles. The number of unbranched alkanes of at least 4 members (excludes halogenated alkanes) is 3. The predicted octanol–water partition coefficient (Wildman–Crippen LogP) is 2.62. The van der Waals surface area contributed by atoms with E-state index in [-0.39, 0.29) is 17.2 Å². The van der Waals surface area contributed by atoms with Gasteiger partial charge in [0.2, 0.25) is 10.0 Å². The first kappa shape index (κ1) is 17.9. The summed E-state index contributed by atoms with van der Waals surface area (Å²) in [6.07, 6.45) is 3.24. The number of nitrogens with two attached hydrogens (primary N) is 1. The molecule has 0 aliphatic carbocycles. The first-order chi connectivity index (χ1) is 9.38. The third-order valence-electron chi connectivity index (χ3n) is 2.68. The largest absolute Gasteiger partial charge is 0.398 e. The topological polar surface area (TPSA) is 92.4 Å². The zero-order valence-electron chi connectivity index (χ0n) is 10.9. The van der Waals surface area contributed by atoms with Crippen molar-refractivity contribution in [3.05, 3.63) is 21.1 Å². The van der Waals surface area contributed by atoms with Crippen LogP contribution in [-0.4, -0.2) is 26.7 Å². The summed E-state index contributed by atoms with van der Waals surface area (Å²) in [7, 11) is -3.62. The Morgan fingerprint density at radius 2 is 1.80 bits per heavy atom. The second-order valence-corrected chi connectivity index (χ2v) is 7.82. The number of sulfonamides is 1. The summed E-state index contributed by atoms with van der Waals surface area (Å²) in [5.41, 5.74) is 5.96. The highest BCUT2D eigenvalue weighted by Crippen LogP contribution is 2.31. The molecule has 0 spiro atoms. The van der Waals surface area contributed by atoms with Gasteiger partial charge >= 0.3 is 0 Å². The molecule has 0 heterocycles. The zero-order valence-corrected chi connectivity index (χ0v) is 14.9. The molecule has 5 nitrogen and oxygen atoms in total. The summed E-state index contributed by atoms with van der Waals surface area (Å²) in [6.45, 7) is 0.532. The van der Waals surface area contributed by atoms with Crippen molar-refractivity contribution in [2.75, 3.05) is 18.9 Å². The van der Waals surface area contributed by atoms with Crippen molar-refractivity contribution < 1.29 is 13.5 Å². The summed E-state index contributed by atoms with van der Waals surface area (Å²) >= 11 is 6.48. The molecule has 1 aromatic rings. The summed E-state index contributed by atoms with van der Waals surface area (Å²) in [5.74, 6) is 0. The number of nitrogens with one attached hydrogen (secondary N) is 1. The SMILES string of the molecule is Nc1cc(Br)cc(Br)c1S(=O)(=O)NCCCCCCO. The van der Waals surface area contributed by atoms with Crippen LogP contribution < -0.4 is 10.5 Å². The molecule has 0 amide bonds. The van der Waals surface area contributed by atoms with E-state index in [1.54, 1.807) is 12.1 Å². The number of aliphatic hydroxyl groups is 1. The molecule has 114 valence electrons. The Morgan fingerprint density at radius 3 is 2.40 bits per heavy atom. The van der Waals surface area contributed by atoms with Crippen LogP contribution in [0.3, 0.4) is 0 Å². The van der Waals surface area contributed by atoms with E-state index >= 15 is 0 Å². The number of hydrogen-bond donors (Lipinski definition) is 3. The van der Waals surface area contributed by atoms with E-state index in [0.717, 1.165) is 25.7 Å². The maximum absolute atomic E-state index is 12.2. The zero-order chi connectivity index (χ0) is 15.2. The second-order valence-electron chi connectivity index (χ2n) is 4.34. The van der Waals surface area contributed by atoms with Crippen LogP contribution in [0.5, 0.6) is 0 Å². The van der Waals surface area contributed by atoms with Gasteiger partial charge in [-0.3, -0.25) is 0 Å². The van der Waals surface area contributed by atoms with E-state index in [1.165, 1.54) is 0 Å². The molecular formula is C12H18Br2N2O3S. The lowest BCUT2D eigenvalue weighted by atomic mass is 10.2. The lowest BCUT2D eigenvalue weighted by Crippen LogP contribution is -2.26. The number of hydrogen-bond acceptors (Lipinski definition) is 4. The maximum atomic E-state index is 12.2. The van der Waals surface area contributed by atoms with Gasteiger partial charge in [0.1, 0.15) is 4.90 Å². The molecule has 0 aromatic heterocycles. The van der Waals surface area contributed by atoms with Crippen molar-refractivity contribution in [3.63, 3.8) is 0 Å². The summed E-state index contributed by atoms with van der Waals surface area (Å²) in [6, 6.07) is 3.20. The van der Waals surface area contributed by atoms with Gasteiger partial charge in [-0.2, -0.15) is 0 Å². The molecule has 0 fully saturated rings. The van der Waals surface area contributed by atoms with E-state index in [4.69, 9.17) is 10.8 Å². The standard InChI is InChI=1S/C12H18Br2N2O3S/c13-9-7-10(14)12(11(15)8-9)20(18,19)16-5-3-1-2-4-6-17/h7-8,16-17H,1-6,15H2. The lowest BCUT2D eigenvalue weighted by molar-refractivity contribution is 0.282. The Morgan fingerprint density at radius 1 is 1.15 bits per heavy atom. The van der Waals surface area contributed by atoms with Crippen LogP contribution in [0.1, 0.15) is 25.7 Å². The minimum atomic E-state index is -3.62. The molecular weight excluding hydrogens is 412 g/mol. The summed E-state index contributed by atoms with van der Waals surface area (Å²) in [5, 5.41) is 8.65. The highest BCUT2D eigenvalue weighted by Gasteiger charge is 2.20. The van der Waals surface area contributed by atoms with Gasteiger partial charge in [-0.05, 0) is 40.9 Å². The molecule has 1 rings (SSSR count). The monoisotopic (exact) mass is 428 g/mol. The van der Waals surface area contributed by atoms with E-state index in [2.05, 4.69) is 36.6 Å². The van der Waals surface area contributed by atoms with Crippen LogP contribution in [0, 0.1) is 0 Å². The smallest absolute Gasteiger partial charge is 0.243 e. The molecule has 0 aliphatic heterocycles. The summed E-state index contributed by atoms with van der Waals surface area (Å²) < 4.78 is 28.1. The van der Waals surface area contributed by atoms with E-state index < -0.39 is 10.0 Å². The van der Waals surface area contributed by atoms with E-state index in [0.29, 0.717) is 15.5 Å². The van der Waals surface area contributed by atoms with Gasteiger partial charge in [-0.1, -0.05) is 28.8 Å². The Balaban J connectivity index is 2.66. The number of anilines is 1. The Bertz CT molecular complexity index is 527. The molecule has 0 saturated heterocycles. The molecule has 0 aliphatic rings. The Hall–Kier alpha value is -0.150. The van der Waals surface area contributed by atoms with E-state index in [9.17, 15) is 8.42 Å². The number of nitrogen functional groups attached to an aromatic ring is 1. The molecule has 4 N–H and O–H groups in total. The van der Waals surface area contributed by atoms with Gasteiger partial charge in [-0.25, -0.2) is 13.1 Å². The van der Waals surface area contributed by atoms with Crippen molar-refractivity contribution in [1.29, 1.82) is 0 Å². The van der Waals surface area contributed by atoms with E-state index in [1.807, 2.05) is 0 Å². The highest BCUT2D eigenvalue weighted by atomic mass is 79.9. The van der Waals surface area contributed by atoms with Crippen molar-refractivity contribution in [3.8, 4) is 0 Å². The minimum Gasteiger partial charge on any atom is -0.398 e. The Kier molecular flexibility index (Phi) is 7.46. The third kappa shape index (κ3) is 5.33. The van der Waals surface area contributed by atoms with Crippen LogP contribution in [-0.2, 0) is 10.0 Å². The maximum Gasteiger partial charge on any atom is 0.243 e. The van der Waals surface area contributed by atoms with Gasteiger partial charge < -0.3 is 10.8 Å². The third-order valence-corrected chi connectivity index (χ3v) is 5.61. The average Bonchev–Trinajstić information content (AvgIpc) is 2.31. The average molecular weight is 430 g/mol. The van der Waals surface area contributed by atoms with Gasteiger partial charge in [0.05, 0.1) is 5.69 Å². The van der Waals surface area contributed by atoms with Gasteiger partial charge in [0.15, 0.2) is 0 Å². The Labute approximate surface area is 136 Å². The van der Waals surface area contributed by atoms with Crippen LogP contribution in [0.2, 0.25) is 0 Å². The van der Waals surface area contributed by atoms with Crippen molar-refractivity contribution in [2.45, 2.75) is 30.6 Å². The van der Waals surface area contributed by atoms with Gasteiger partial charge in [0.25, 0.3) is 0 Å². The van der Waals surface area contributed by atoms with Crippen LogP contribution in [0.25, 0.3) is 0 Å². The quantitative estimate of drug-likeness (QED) is 0.437. The highest BCUT2D eigenvalue weighted by molar-refractivity contribution is 9.11. The van der Waals surface area contributed by atoms with Gasteiger partial charge in [0, 0.05) is 22.1 Å². The molecule has 20 heavy (non-hydrogen) atoms. The number of halogens is 2. The lowest BCUT2D eigenvalue weighted by Gasteiger charge is -2.11. The van der Waals surface area contributed by atoms with Crippen molar-refractivity contribution >= 4 is 47.6 Å². The van der Waals surface area contributed by atoms with Gasteiger partial charge in [-0.15, -0.1) is 0 Å². The first-order valence-corrected chi connectivity index (χ1v) is 9.30. The number of benzene rings is 1. The molecule has 8 heteroatoms. The van der Waals surface area contributed by atoms with Crippen LogP contribution >= 0.6 is 31.9 Å². The van der Waals surface area contributed by atoms with Crippen molar-refractivity contribution in [2.24, 2.45) is 0 Å².